The summed E-state index contributed by atoms with van der Waals surface area (Å²) in [6, 6.07) is 0.450. The SMILES string of the molecule is CC(C)CNC1CC(CC(=O)O)CN(C)C1. The number of nitrogens with zero attached hydrogens (tertiary/aromatic N) is 1. The first-order chi connectivity index (χ1) is 7.47. The molecule has 2 N–H and O–H groups in total. The molecule has 1 heterocycles. The van der Waals surface area contributed by atoms with Crippen LogP contribution in [0.1, 0.15) is 26.7 Å². The predicted molar refractivity (Wildman–Crippen MR) is 64.5 cm³/mol. The number of nitrogens with one attached hydrogen (secondary N) is 1. The van der Waals surface area contributed by atoms with Crippen molar-refractivity contribution in [2.24, 2.45) is 11.8 Å². The van der Waals surface area contributed by atoms with Gasteiger partial charge in [0.05, 0.1) is 0 Å². The lowest BCUT2D eigenvalue weighted by atomic mass is 9.91. The third kappa shape index (κ3) is 4.94. The zero-order chi connectivity index (χ0) is 12.1. The molecule has 0 aromatic heterocycles. The van der Waals surface area contributed by atoms with E-state index >= 15 is 0 Å². The molecule has 2 atom stereocenters. The lowest BCUT2D eigenvalue weighted by Gasteiger charge is -2.36. The topological polar surface area (TPSA) is 52.6 Å². The number of hydrogen-bond donors (Lipinski definition) is 2. The molecule has 0 aromatic rings. The standard InChI is InChI=1S/C12H24N2O2/c1-9(2)6-13-11-4-10(5-12(15)16)7-14(3)8-11/h9-11,13H,4-8H2,1-3H3,(H,15,16). The Morgan fingerprint density at radius 1 is 1.50 bits per heavy atom. The molecule has 1 fully saturated rings. The summed E-state index contributed by atoms with van der Waals surface area (Å²) in [6.45, 7) is 7.33. The van der Waals surface area contributed by atoms with Gasteiger partial charge >= 0.3 is 5.97 Å². The minimum absolute atomic E-state index is 0.293. The molecule has 94 valence electrons. The van der Waals surface area contributed by atoms with Gasteiger partial charge in [-0.25, -0.2) is 0 Å². The van der Waals surface area contributed by atoms with Gasteiger partial charge in [0.15, 0.2) is 0 Å². The van der Waals surface area contributed by atoms with E-state index in [1.54, 1.807) is 0 Å². The Labute approximate surface area is 98.0 Å². The number of carboxylic acid groups (broad SMARTS) is 1. The van der Waals surface area contributed by atoms with Crippen LogP contribution in [0.2, 0.25) is 0 Å². The minimum Gasteiger partial charge on any atom is -0.481 e. The van der Waals surface area contributed by atoms with Crippen LogP contribution in [0, 0.1) is 11.8 Å². The second-order valence-corrected chi connectivity index (χ2v) is 5.42. The molecule has 0 spiro atoms. The quantitative estimate of drug-likeness (QED) is 0.738. The van der Waals surface area contributed by atoms with Crippen LogP contribution in [-0.2, 0) is 4.79 Å². The highest BCUT2D eigenvalue weighted by atomic mass is 16.4. The lowest BCUT2D eigenvalue weighted by Crippen LogP contribution is -2.48. The molecule has 4 nitrogen and oxygen atoms in total. The van der Waals surface area contributed by atoms with Crippen LogP contribution in [0.25, 0.3) is 0 Å². The molecule has 1 aliphatic heterocycles. The highest BCUT2D eigenvalue weighted by Gasteiger charge is 2.26. The molecular formula is C12H24N2O2. The lowest BCUT2D eigenvalue weighted by molar-refractivity contribution is -0.138. The molecule has 0 bridgehead atoms. The molecule has 0 aromatic carbocycles. The molecule has 0 amide bonds. The number of piperidine rings is 1. The third-order valence-electron chi connectivity index (χ3n) is 3.00. The smallest absolute Gasteiger partial charge is 0.303 e. The van der Waals surface area contributed by atoms with Crippen LogP contribution in [0.3, 0.4) is 0 Å². The maximum Gasteiger partial charge on any atom is 0.303 e. The van der Waals surface area contributed by atoms with E-state index in [2.05, 4.69) is 31.1 Å². The van der Waals surface area contributed by atoms with E-state index in [1.165, 1.54) is 0 Å². The number of likely N-dealkylation sites (tertiary alicyclic amines) is 1. The molecular weight excluding hydrogens is 204 g/mol. The minimum atomic E-state index is -0.678. The highest BCUT2D eigenvalue weighted by Crippen LogP contribution is 2.19. The van der Waals surface area contributed by atoms with Crippen LogP contribution < -0.4 is 5.32 Å². The Kier molecular flexibility index (Phi) is 5.22. The van der Waals surface area contributed by atoms with E-state index < -0.39 is 5.97 Å². The average Bonchev–Trinajstić information content (AvgIpc) is 2.12. The van der Waals surface area contributed by atoms with Crippen LogP contribution in [0.4, 0.5) is 0 Å². The van der Waals surface area contributed by atoms with Crippen molar-refractivity contribution in [3.8, 4) is 0 Å². The van der Waals surface area contributed by atoms with E-state index in [9.17, 15) is 4.79 Å². The highest BCUT2D eigenvalue weighted by molar-refractivity contribution is 5.67. The monoisotopic (exact) mass is 228 g/mol. The van der Waals surface area contributed by atoms with Crippen molar-refractivity contribution in [3.05, 3.63) is 0 Å². The molecule has 1 rings (SSSR count). The van der Waals surface area contributed by atoms with Crippen molar-refractivity contribution < 1.29 is 9.90 Å². The van der Waals surface area contributed by atoms with Crippen molar-refractivity contribution in [2.75, 3.05) is 26.7 Å². The zero-order valence-corrected chi connectivity index (χ0v) is 10.6. The van der Waals surface area contributed by atoms with Crippen LogP contribution in [0.5, 0.6) is 0 Å². The van der Waals surface area contributed by atoms with Gasteiger partial charge in [0.25, 0.3) is 0 Å². The van der Waals surface area contributed by atoms with Crippen molar-refractivity contribution in [1.82, 2.24) is 10.2 Å². The van der Waals surface area contributed by atoms with Gasteiger partial charge in [-0.15, -0.1) is 0 Å². The van der Waals surface area contributed by atoms with Gasteiger partial charge in [-0.1, -0.05) is 13.8 Å². The van der Waals surface area contributed by atoms with Gasteiger partial charge in [-0.3, -0.25) is 4.79 Å². The van der Waals surface area contributed by atoms with Gasteiger partial charge < -0.3 is 15.3 Å². The van der Waals surface area contributed by atoms with Crippen LogP contribution in [-0.4, -0.2) is 48.7 Å². The summed E-state index contributed by atoms with van der Waals surface area (Å²) in [6.07, 6.45) is 1.29. The molecule has 0 radical (unpaired) electrons. The molecule has 2 unspecified atom stereocenters. The predicted octanol–water partition coefficient (Wildman–Crippen LogP) is 1.03. The first-order valence-corrected chi connectivity index (χ1v) is 6.11. The number of aliphatic carboxylic acids is 1. The summed E-state index contributed by atoms with van der Waals surface area (Å²) in [5, 5.41) is 12.3. The fourth-order valence-electron chi connectivity index (χ4n) is 2.39. The largest absolute Gasteiger partial charge is 0.481 e. The average molecular weight is 228 g/mol. The summed E-state index contributed by atoms with van der Waals surface area (Å²) >= 11 is 0. The Bertz CT molecular complexity index is 231. The van der Waals surface area contributed by atoms with E-state index in [0.29, 0.717) is 24.3 Å². The second kappa shape index (κ2) is 6.21. The maximum absolute atomic E-state index is 10.7. The van der Waals surface area contributed by atoms with Gasteiger partial charge in [0.1, 0.15) is 0 Å². The van der Waals surface area contributed by atoms with Crippen molar-refractivity contribution >= 4 is 5.97 Å². The molecule has 16 heavy (non-hydrogen) atoms. The molecule has 0 saturated carbocycles. The number of carbonyl (C=O) groups is 1. The second-order valence-electron chi connectivity index (χ2n) is 5.42. The van der Waals surface area contributed by atoms with E-state index in [1.807, 2.05) is 0 Å². The van der Waals surface area contributed by atoms with Gasteiger partial charge in [-0.05, 0) is 31.8 Å². The van der Waals surface area contributed by atoms with E-state index in [4.69, 9.17) is 5.11 Å². The van der Waals surface area contributed by atoms with Gasteiger partial charge in [-0.2, -0.15) is 0 Å². The maximum atomic E-state index is 10.7. The van der Waals surface area contributed by atoms with Gasteiger partial charge in [0.2, 0.25) is 0 Å². The van der Waals surface area contributed by atoms with Crippen LogP contribution >= 0.6 is 0 Å². The van der Waals surface area contributed by atoms with Crippen molar-refractivity contribution in [2.45, 2.75) is 32.7 Å². The first-order valence-electron chi connectivity index (χ1n) is 6.11. The fraction of sp³-hybridized carbons (Fsp3) is 0.917. The number of carboxylic acids is 1. The molecule has 1 saturated heterocycles. The number of hydrogen-bond acceptors (Lipinski definition) is 3. The Balaban J connectivity index is 2.38. The van der Waals surface area contributed by atoms with Crippen molar-refractivity contribution in [3.63, 3.8) is 0 Å². The zero-order valence-electron chi connectivity index (χ0n) is 10.6. The fourth-order valence-corrected chi connectivity index (χ4v) is 2.39. The Morgan fingerprint density at radius 2 is 2.19 bits per heavy atom. The number of rotatable bonds is 5. The summed E-state index contributed by atoms with van der Waals surface area (Å²) < 4.78 is 0. The van der Waals surface area contributed by atoms with Crippen molar-refractivity contribution in [1.29, 1.82) is 0 Å². The van der Waals surface area contributed by atoms with E-state index in [-0.39, 0.29) is 0 Å². The third-order valence-corrected chi connectivity index (χ3v) is 3.00. The summed E-state index contributed by atoms with van der Waals surface area (Å²) in [4.78, 5) is 12.9. The first kappa shape index (κ1) is 13.5. The summed E-state index contributed by atoms with van der Waals surface area (Å²) in [7, 11) is 2.07. The Morgan fingerprint density at radius 3 is 2.75 bits per heavy atom. The van der Waals surface area contributed by atoms with E-state index in [0.717, 1.165) is 26.1 Å². The number of likely N-dealkylation sites (N-methyl/N-ethyl adjacent to an activating group) is 1. The normalized spacial score (nSPS) is 27.2. The summed E-state index contributed by atoms with van der Waals surface area (Å²) in [5.41, 5.74) is 0. The van der Waals surface area contributed by atoms with Crippen LogP contribution in [0.15, 0.2) is 0 Å². The molecule has 0 aliphatic carbocycles. The molecule has 4 heteroatoms. The molecule has 1 aliphatic rings. The summed E-state index contributed by atoms with van der Waals surface area (Å²) in [5.74, 6) is 0.258. The Hall–Kier alpha value is -0.610. The van der Waals surface area contributed by atoms with Gasteiger partial charge in [0, 0.05) is 25.6 Å².